The number of benzene rings is 2. The fourth-order valence-corrected chi connectivity index (χ4v) is 3.97. The van der Waals surface area contributed by atoms with E-state index in [1.54, 1.807) is 11.8 Å². The van der Waals surface area contributed by atoms with Gasteiger partial charge in [-0.15, -0.1) is 0 Å². The highest BCUT2D eigenvalue weighted by molar-refractivity contribution is 7.99. The highest BCUT2D eigenvalue weighted by atomic mass is 32.2. The van der Waals surface area contributed by atoms with Crippen LogP contribution in [0.25, 0.3) is 0 Å². The van der Waals surface area contributed by atoms with Gasteiger partial charge in [-0.05, 0) is 67.7 Å². The van der Waals surface area contributed by atoms with Crippen molar-refractivity contribution < 1.29 is 9.53 Å². The van der Waals surface area contributed by atoms with Crippen molar-refractivity contribution in [3.63, 3.8) is 0 Å². The molecule has 1 aliphatic heterocycles. The molecule has 1 aliphatic rings. The zero-order valence-corrected chi connectivity index (χ0v) is 14.1. The first kappa shape index (κ1) is 16.1. The minimum atomic E-state index is -0.295. The molecule has 0 bridgehead atoms. The predicted octanol–water partition coefficient (Wildman–Crippen LogP) is 4.09. The normalized spacial score (nSPS) is 15.3. The molecule has 0 aromatic heterocycles. The lowest BCUT2D eigenvalue weighted by atomic mass is 9.90. The molecule has 2 aromatic carbocycles. The Morgan fingerprint density at radius 2 is 1.78 bits per heavy atom. The second-order valence-corrected chi connectivity index (χ2v) is 6.80. The minimum absolute atomic E-state index is 0.295. The van der Waals surface area contributed by atoms with Crippen molar-refractivity contribution >= 4 is 17.7 Å². The monoisotopic (exact) mass is 327 g/mol. The van der Waals surface area contributed by atoms with E-state index in [9.17, 15) is 4.79 Å². The molecule has 1 saturated heterocycles. The van der Waals surface area contributed by atoms with Crippen LogP contribution in [0, 0.1) is 0 Å². The first-order valence-corrected chi connectivity index (χ1v) is 8.75. The third-order valence-corrected chi connectivity index (χ3v) is 5.30. The molecular weight excluding hydrogens is 306 g/mol. The highest BCUT2D eigenvalue weighted by Gasteiger charge is 2.18. The molecule has 120 valence electrons. The van der Waals surface area contributed by atoms with Crippen LogP contribution < -0.4 is 5.32 Å². The average molecular weight is 327 g/mol. The number of piperidine rings is 1. The Morgan fingerprint density at radius 3 is 2.48 bits per heavy atom. The summed E-state index contributed by atoms with van der Waals surface area (Å²) < 4.78 is 4.74. The van der Waals surface area contributed by atoms with Crippen molar-refractivity contribution in [1.82, 2.24) is 5.32 Å². The van der Waals surface area contributed by atoms with Crippen LogP contribution in [0.15, 0.2) is 58.3 Å². The van der Waals surface area contributed by atoms with Gasteiger partial charge in [0, 0.05) is 9.79 Å². The molecule has 0 amide bonds. The number of hydrogen-bond donors (Lipinski definition) is 1. The largest absolute Gasteiger partial charge is 0.465 e. The topological polar surface area (TPSA) is 38.3 Å². The molecule has 0 spiro atoms. The van der Waals surface area contributed by atoms with Gasteiger partial charge in [-0.1, -0.05) is 30.0 Å². The van der Waals surface area contributed by atoms with Crippen molar-refractivity contribution in [2.24, 2.45) is 0 Å². The molecule has 4 heteroatoms. The summed E-state index contributed by atoms with van der Waals surface area (Å²) in [6.45, 7) is 2.19. The van der Waals surface area contributed by atoms with Crippen LogP contribution in [0.5, 0.6) is 0 Å². The van der Waals surface area contributed by atoms with E-state index in [0.717, 1.165) is 18.0 Å². The Bertz CT molecular complexity index is 663. The quantitative estimate of drug-likeness (QED) is 0.858. The lowest BCUT2D eigenvalue weighted by molar-refractivity contribution is 0.0600. The van der Waals surface area contributed by atoms with Gasteiger partial charge in [-0.25, -0.2) is 4.79 Å². The minimum Gasteiger partial charge on any atom is -0.465 e. The first-order valence-electron chi connectivity index (χ1n) is 7.94. The maximum Gasteiger partial charge on any atom is 0.337 e. The van der Waals surface area contributed by atoms with Gasteiger partial charge < -0.3 is 10.1 Å². The number of nitrogens with one attached hydrogen (secondary N) is 1. The van der Waals surface area contributed by atoms with Gasteiger partial charge in [0.05, 0.1) is 12.7 Å². The predicted molar refractivity (Wildman–Crippen MR) is 93.2 cm³/mol. The van der Waals surface area contributed by atoms with Crippen molar-refractivity contribution in [2.75, 3.05) is 20.2 Å². The molecule has 0 aliphatic carbocycles. The van der Waals surface area contributed by atoms with Crippen molar-refractivity contribution in [3.05, 3.63) is 59.7 Å². The summed E-state index contributed by atoms with van der Waals surface area (Å²) in [6, 6.07) is 16.3. The van der Waals surface area contributed by atoms with Crippen LogP contribution in [-0.2, 0) is 4.74 Å². The summed E-state index contributed by atoms with van der Waals surface area (Å²) in [5.41, 5.74) is 2.03. The zero-order valence-electron chi connectivity index (χ0n) is 13.2. The Kier molecular flexibility index (Phi) is 5.36. The molecule has 3 rings (SSSR count). The molecule has 1 N–H and O–H groups in total. The van der Waals surface area contributed by atoms with E-state index in [0.29, 0.717) is 11.5 Å². The summed E-state index contributed by atoms with van der Waals surface area (Å²) in [4.78, 5) is 14.0. The maximum absolute atomic E-state index is 11.5. The van der Waals surface area contributed by atoms with Crippen LogP contribution in [-0.4, -0.2) is 26.2 Å². The van der Waals surface area contributed by atoms with E-state index in [-0.39, 0.29) is 5.97 Å². The van der Waals surface area contributed by atoms with Gasteiger partial charge in [-0.3, -0.25) is 0 Å². The summed E-state index contributed by atoms with van der Waals surface area (Å²) >= 11 is 1.76. The van der Waals surface area contributed by atoms with Crippen LogP contribution in [0.3, 0.4) is 0 Å². The zero-order chi connectivity index (χ0) is 16.1. The second-order valence-electron chi connectivity index (χ2n) is 5.68. The summed E-state index contributed by atoms with van der Waals surface area (Å²) in [5, 5.41) is 3.43. The lowest BCUT2D eigenvalue weighted by Crippen LogP contribution is -2.26. The van der Waals surface area contributed by atoms with Crippen molar-refractivity contribution in [1.29, 1.82) is 0 Å². The van der Waals surface area contributed by atoms with Gasteiger partial charge in [0.2, 0.25) is 0 Å². The van der Waals surface area contributed by atoms with Gasteiger partial charge in [0.25, 0.3) is 0 Å². The molecule has 0 unspecified atom stereocenters. The molecule has 3 nitrogen and oxygen atoms in total. The molecule has 1 heterocycles. The van der Waals surface area contributed by atoms with Crippen molar-refractivity contribution in [3.8, 4) is 0 Å². The summed E-state index contributed by atoms with van der Waals surface area (Å²) in [5.74, 6) is 0.339. The average Bonchev–Trinajstić information content (AvgIpc) is 2.63. The smallest absolute Gasteiger partial charge is 0.337 e. The number of carbonyl (C=O) groups excluding carboxylic acids is 1. The van der Waals surface area contributed by atoms with Gasteiger partial charge in [-0.2, -0.15) is 0 Å². The molecule has 0 saturated carbocycles. The maximum atomic E-state index is 11.5. The Morgan fingerprint density at radius 1 is 1.09 bits per heavy atom. The highest BCUT2D eigenvalue weighted by Crippen LogP contribution is 2.37. The molecule has 2 aromatic rings. The van der Waals surface area contributed by atoms with E-state index in [1.807, 2.05) is 24.3 Å². The Balaban J connectivity index is 1.78. The van der Waals surface area contributed by atoms with Gasteiger partial charge >= 0.3 is 5.97 Å². The van der Waals surface area contributed by atoms with Crippen LogP contribution in [0.1, 0.15) is 34.7 Å². The van der Waals surface area contributed by atoms with E-state index in [4.69, 9.17) is 4.74 Å². The molecule has 0 atom stereocenters. The molecule has 23 heavy (non-hydrogen) atoms. The van der Waals surface area contributed by atoms with Crippen molar-refractivity contribution in [2.45, 2.75) is 28.6 Å². The summed E-state index contributed by atoms with van der Waals surface area (Å²) in [6.07, 6.45) is 2.39. The second kappa shape index (κ2) is 7.66. The third kappa shape index (κ3) is 3.95. The van der Waals surface area contributed by atoms with E-state index in [1.165, 1.54) is 30.4 Å². The number of rotatable bonds is 4. The van der Waals surface area contributed by atoms with Crippen LogP contribution >= 0.6 is 11.8 Å². The standard InChI is InChI=1S/C19H21NO2S/c1-22-19(21)15-6-8-16(9-7-15)23-18-5-3-2-4-17(18)14-10-12-20-13-11-14/h2-9,14,20H,10-13H2,1H3. The third-order valence-electron chi connectivity index (χ3n) is 4.20. The molecule has 1 fully saturated rings. The number of esters is 1. The SMILES string of the molecule is COC(=O)c1ccc(Sc2ccccc2C2CCNCC2)cc1. The number of hydrogen-bond acceptors (Lipinski definition) is 4. The first-order chi connectivity index (χ1) is 11.3. The lowest BCUT2D eigenvalue weighted by Gasteiger charge is -2.24. The Hall–Kier alpha value is -1.78. The number of carbonyl (C=O) groups is 1. The van der Waals surface area contributed by atoms with Crippen LogP contribution in [0.4, 0.5) is 0 Å². The van der Waals surface area contributed by atoms with Gasteiger partial charge in [0.15, 0.2) is 0 Å². The molecular formula is C19H21NO2S. The fraction of sp³-hybridized carbons (Fsp3) is 0.316. The van der Waals surface area contributed by atoms with Gasteiger partial charge in [0.1, 0.15) is 0 Å². The van der Waals surface area contributed by atoms with E-state index in [2.05, 4.69) is 29.6 Å². The number of ether oxygens (including phenoxy) is 1. The number of methoxy groups -OCH3 is 1. The summed E-state index contributed by atoms with van der Waals surface area (Å²) in [7, 11) is 1.40. The Labute approximate surface area is 141 Å². The van der Waals surface area contributed by atoms with E-state index >= 15 is 0 Å². The molecule has 0 radical (unpaired) electrons. The van der Waals surface area contributed by atoms with Crippen LogP contribution in [0.2, 0.25) is 0 Å². The van der Waals surface area contributed by atoms with E-state index < -0.39 is 0 Å². The fourth-order valence-electron chi connectivity index (χ4n) is 2.95.